The molecule has 3 rings (SSSR count). The Morgan fingerprint density at radius 2 is 1.89 bits per heavy atom. The Hall–Kier alpha value is -2.33. The van der Waals surface area contributed by atoms with Gasteiger partial charge in [-0.15, -0.1) is 0 Å². The number of aromatic amines is 1. The van der Waals surface area contributed by atoms with Crippen LogP contribution >= 0.6 is 11.6 Å². The maximum absolute atomic E-state index is 5.96. The van der Waals surface area contributed by atoms with Gasteiger partial charge < -0.3 is 5.73 Å². The molecular formula is C14H11ClN4. The number of anilines is 1. The van der Waals surface area contributed by atoms with Gasteiger partial charge in [-0.25, -0.2) is 4.98 Å². The van der Waals surface area contributed by atoms with Crippen molar-refractivity contribution in [3.8, 4) is 22.8 Å². The Morgan fingerprint density at radius 1 is 1.05 bits per heavy atom. The van der Waals surface area contributed by atoms with E-state index in [9.17, 15) is 0 Å². The first-order valence-corrected chi connectivity index (χ1v) is 6.15. The van der Waals surface area contributed by atoms with E-state index in [0.717, 1.165) is 11.1 Å². The molecule has 0 bridgehead atoms. The summed E-state index contributed by atoms with van der Waals surface area (Å²) in [6, 6.07) is 14.9. The topological polar surface area (TPSA) is 67.6 Å². The van der Waals surface area contributed by atoms with Gasteiger partial charge in [0.25, 0.3) is 0 Å². The number of H-pyrrole nitrogens is 1. The van der Waals surface area contributed by atoms with E-state index in [4.69, 9.17) is 17.3 Å². The molecule has 0 atom stereocenters. The largest absolute Gasteiger partial charge is 0.398 e. The molecule has 1 heterocycles. The van der Waals surface area contributed by atoms with Gasteiger partial charge in [0.2, 0.25) is 0 Å². The van der Waals surface area contributed by atoms with Gasteiger partial charge in [-0.2, -0.15) is 5.10 Å². The third-order valence-electron chi connectivity index (χ3n) is 2.78. The maximum atomic E-state index is 5.96. The first-order chi connectivity index (χ1) is 9.24. The van der Waals surface area contributed by atoms with E-state index in [-0.39, 0.29) is 0 Å². The van der Waals surface area contributed by atoms with E-state index in [1.165, 1.54) is 0 Å². The molecule has 2 aromatic carbocycles. The molecule has 3 aromatic rings. The number of halogens is 1. The van der Waals surface area contributed by atoms with Crippen LogP contribution in [0, 0.1) is 0 Å². The lowest BCUT2D eigenvalue weighted by Gasteiger charge is -1.99. The fourth-order valence-corrected chi connectivity index (χ4v) is 2.04. The molecule has 94 valence electrons. The van der Waals surface area contributed by atoms with E-state index in [1.807, 2.05) is 48.5 Å². The van der Waals surface area contributed by atoms with Gasteiger partial charge in [0.05, 0.1) is 0 Å². The maximum Gasteiger partial charge on any atom is 0.181 e. The highest BCUT2D eigenvalue weighted by Gasteiger charge is 2.09. The molecule has 0 radical (unpaired) electrons. The number of nitrogens with two attached hydrogens (primary N) is 1. The molecule has 3 N–H and O–H groups in total. The summed E-state index contributed by atoms with van der Waals surface area (Å²) in [5.74, 6) is 1.24. The summed E-state index contributed by atoms with van der Waals surface area (Å²) in [7, 11) is 0. The van der Waals surface area contributed by atoms with Crippen LogP contribution in [0.25, 0.3) is 22.8 Å². The SMILES string of the molecule is Nc1ccccc1-c1nc(-c2cccc(Cl)c2)n[nH]1. The Bertz CT molecular complexity index is 721. The standard InChI is InChI=1S/C14H11ClN4/c15-10-5-3-4-9(8-10)13-17-14(19-18-13)11-6-1-2-7-12(11)16/h1-8H,16H2,(H,17,18,19). The molecule has 1 aromatic heterocycles. The fraction of sp³-hybridized carbons (Fsp3) is 0. The van der Waals surface area contributed by atoms with Crippen molar-refractivity contribution in [2.45, 2.75) is 0 Å². The molecule has 0 aliphatic heterocycles. The Kier molecular flexibility index (Phi) is 2.93. The quantitative estimate of drug-likeness (QED) is 0.702. The summed E-state index contributed by atoms with van der Waals surface area (Å²) in [6.07, 6.45) is 0. The van der Waals surface area contributed by atoms with Gasteiger partial charge in [-0.05, 0) is 24.3 Å². The lowest BCUT2D eigenvalue weighted by atomic mass is 10.1. The molecule has 0 fully saturated rings. The number of rotatable bonds is 2. The number of aromatic nitrogens is 3. The molecule has 0 aliphatic carbocycles. The van der Waals surface area contributed by atoms with E-state index < -0.39 is 0 Å². The van der Waals surface area contributed by atoms with E-state index in [2.05, 4.69) is 15.2 Å². The smallest absolute Gasteiger partial charge is 0.181 e. The van der Waals surface area contributed by atoms with E-state index in [0.29, 0.717) is 22.4 Å². The van der Waals surface area contributed by atoms with Crippen LogP contribution in [0.4, 0.5) is 5.69 Å². The Balaban J connectivity index is 2.03. The zero-order valence-electron chi connectivity index (χ0n) is 9.97. The number of nitrogen functional groups attached to an aromatic ring is 1. The van der Waals surface area contributed by atoms with Crippen molar-refractivity contribution in [3.63, 3.8) is 0 Å². The van der Waals surface area contributed by atoms with Crippen LogP contribution in [0.1, 0.15) is 0 Å². The first kappa shape index (κ1) is 11.7. The van der Waals surface area contributed by atoms with Gasteiger partial charge in [0, 0.05) is 21.8 Å². The number of nitrogens with one attached hydrogen (secondary N) is 1. The highest BCUT2D eigenvalue weighted by Crippen LogP contribution is 2.25. The second kappa shape index (κ2) is 4.74. The van der Waals surface area contributed by atoms with Crippen LogP contribution in [-0.2, 0) is 0 Å². The average Bonchev–Trinajstić information content (AvgIpc) is 2.89. The highest BCUT2D eigenvalue weighted by atomic mass is 35.5. The summed E-state index contributed by atoms with van der Waals surface area (Å²) in [4.78, 5) is 4.45. The average molecular weight is 271 g/mol. The lowest BCUT2D eigenvalue weighted by Crippen LogP contribution is -1.90. The van der Waals surface area contributed by atoms with Crippen LogP contribution < -0.4 is 5.73 Å². The molecule has 0 saturated heterocycles. The minimum absolute atomic E-state index is 0.598. The molecule has 0 amide bonds. The van der Waals surface area contributed by atoms with Crippen molar-refractivity contribution in [1.82, 2.24) is 15.2 Å². The predicted molar refractivity (Wildman–Crippen MR) is 76.7 cm³/mol. The first-order valence-electron chi connectivity index (χ1n) is 5.77. The normalized spacial score (nSPS) is 10.6. The van der Waals surface area contributed by atoms with E-state index >= 15 is 0 Å². The highest BCUT2D eigenvalue weighted by molar-refractivity contribution is 6.30. The number of para-hydroxylation sites is 1. The van der Waals surface area contributed by atoms with Crippen LogP contribution in [-0.4, -0.2) is 15.2 Å². The Morgan fingerprint density at radius 3 is 2.68 bits per heavy atom. The predicted octanol–water partition coefficient (Wildman–Crippen LogP) is 3.37. The number of hydrogen-bond donors (Lipinski definition) is 2. The summed E-state index contributed by atoms with van der Waals surface area (Å²) >= 11 is 5.96. The monoisotopic (exact) mass is 270 g/mol. The third-order valence-corrected chi connectivity index (χ3v) is 3.02. The van der Waals surface area contributed by atoms with Crippen LogP contribution in [0.3, 0.4) is 0 Å². The summed E-state index contributed by atoms with van der Waals surface area (Å²) in [5, 5.41) is 7.75. The second-order valence-corrected chi connectivity index (χ2v) is 4.54. The fourth-order valence-electron chi connectivity index (χ4n) is 1.85. The summed E-state index contributed by atoms with van der Waals surface area (Å²) in [5.41, 5.74) is 8.28. The van der Waals surface area contributed by atoms with Crippen LogP contribution in [0.15, 0.2) is 48.5 Å². The zero-order valence-corrected chi connectivity index (χ0v) is 10.7. The minimum atomic E-state index is 0.598. The summed E-state index contributed by atoms with van der Waals surface area (Å²) in [6.45, 7) is 0. The molecule has 4 nitrogen and oxygen atoms in total. The molecule has 0 spiro atoms. The van der Waals surface area contributed by atoms with Crippen molar-refractivity contribution in [2.75, 3.05) is 5.73 Å². The number of nitrogens with zero attached hydrogens (tertiary/aromatic N) is 2. The minimum Gasteiger partial charge on any atom is -0.398 e. The number of benzene rings is 2. The van der Waals surface area contributed by atoms with Gasteiger partial charge in [-0.3, -0.25) is 5.10 Å². The van der Waals surface area contributed by atoms with E-state index in [1.54, 1.807) is 0 Å². The van der Waals surface area contributed by atoms with Gasteiger partial charge >= 0.3 is 0 Å². The second-order valence-electron chi connectivity index (χ2n) is 4.11. The molecular weight excluding hydrogens is 260 g/mol. The lowest BCUT2D eigenvalue weighted by molar-refractivity contribution is 1.10. The van der Waals surface area contributed by atoms with Crippen molar-refractivity contribution in [2.24, 2.45) is 0 Å². The van der Waals surface area contributed by atoms with Gasteiger partial charge in [-0.1, -0.05) is 35.9 Å². The van der Waals surface area contributed by atoms with Crippen molar-refractivity contribution >= 4 is 17.3 Å². The molecule has 0 aliphatic rings. The van der Waals surface area contributed by atoms with Crippen molar-refractivity contribution in [1.29, 1.82) is 0 Å². The molecule has 19 heavy (non-hydrogen) atoms. The van der Waals surface area contributed by atoms with Gasteiger partial charge in [0.15, 0.2) is 11.6 Å². The van der Waals surface area contributed by atoms with Crippen molar-refractivity contribution in [3.05, 3.63) is 53.6 Å². The molecule has 0 unspecified atom stereocenters. The molecule has 0 saturated carbocycles. The Labute approximate surface area is 115 Å². The van der Waals surface area contributed by atoms with Crippen molar-refractivity contribution < 1.29 is 0 Å². The number of hydrogen-bond acceptors (Lipinski definition) is 3. The zero-order chi connectivity index (χ0) is 13.2. The molecule has 5 heteroatoms. The van der Waals surface area contributed by atoms with Crippen LogP contribution in [0.5, 0.6) is 0 Å². The van der Waals surface area contributed by atoms with Gasteiger partial charge in [0.1, 0.15) is 0 Å². The van der Waals surface area contributed by atoms with Crippen LogP contribution in [0.2, 0.25) is 5.02 Å². The summed E-state index contributed by atoms with van der Waals surface area (Å²) < 4.78 is 0. The third kappa shape index (κ3) is 2.30.